The topological polar surface area (TPSA) is 115 Å². The third-order valence-electron chi connectivity index (χ3n) is 4.60. The molecule has 3 rings (SSSR count). The van der Waals surface area contributed by atoms with Crippen molar-refractivity contribution in [3.63, 3.8) is 0 Å². The highest BCUT2D eigenvalue weighted by Gasteiger charge is 2.23. The maximum atomic E-state index is 12.7. The Morgan fingerprint density at radius 2 is 1.72 bits per heavy atom. The van der Waals surface area contributed by atoms with Crippen LogP contribution in [0.2, 0.25) is 0 Å². The van der Waals surface area contributed by atoms with E-state index in [2.05, 4.69) is 10.0 Å². The van der Waals surface area contributed by atoms with Crippen molar-refractivity contribution in [3.8, 4) is 0 Å². The Balaban J connectivity index is 1.68. The van der Waals surface area contributed by atoms with Crippen LogP contribution in [0, 0.1) is 0 Å². The minimum atomic E-state index is -3.78. The molecule has 0 spiro atoms. The molecule has 1 heterocycles. The molecule has 0 aliphatic rings. The van der Waals surface area contributed by atoms with Gasteiger partial charge in [-0.15, -0.1) is 0 Å². The summed E-state index contributed by atoms with van der Waals surface area (Å²) in [6.07, 6.45) is 1.73. The molecule has 168 valence electrons. The maximum Gasteiger partial charge on any atom is 0.328 e. The number of ether oxygens (including phenoxy) is 1. The summed E-state index contributed by atoms with van der Waals surface area (Å²) in [5.41, 5.74) is 1.09. The van der Waals surface area contributed by atoms with Gasteiger partial charge in [0.05, 0.1) is 24.3 Å². The number of hydrogen-bond donors (Lipinski definition) is 2. The summed E-state index contributed by atoms with van der Waals surface area (Å²) in [7, 11) is -3.78. The molecular weight excluding hydrogens is 432 g/mol. The van der Waals surface area contributed by atoms with Crippen molar-refractivity contribution in [2.24, 2.45) is 0 Å². The van der Waals surface area contributed by atoms with E-state index in [9.17, 15) is 18.0 Å². The number of sulfonamides is 1. The first-order valence-corrected chi connectivity index (χ1v) is 11.5. The van der Waals surface area contributed by atoms with Gasteiger partial charge in [0.25, 0.3) is 5.91 Å². The predicted molar refractivity (Wildman–Crippen MR) is 117 cm³/mol. The van der Waals surface area contributed by atoms with Gasteiger partial charge in [-0.1, -0.05) is 30.3 Å². The van der Waals surface area contributed by atoms with E-state index in [1.54, 1.807) is 19.1 Å². The zero-order valence-electron chi connectivity index (χ0n) is 17.5. The molecule has 1 unspecified atom stereocenters. The fourth-order valence-electron chi connectivity index (χ4n) is 2.98. The SMILES string of the molecule is CCOC(=O)C(Cc1ccccc1)NC(=O)c1ccc(S(=O)(=O)NCc2ccco2)cc1. The third kappa shape index (κ3) is 6.29. The van der Waals surface area contributed by atoms with Gasteiger partial charge >= 0.3 is 5.97 Å². The van der Waals surface area contributed by atoms with Gasteiger partial charge in [-0.25, -0.2) is 17.9 Å². The largest absolute Gasteiger partial charge is 0.468 e. The van der Waals surface area contributed by atoms with Crippen LogP contribution in [0.15, 0.2) is 82.3 Å². The van der Waals surface area contributed by atoms with E-state index in [0.717, 1.165) is 5.56 Å². The third-order valence-corrected chi connectivity index (χ3v) is 6.02. The molecule has 32 heavy (non-hydrogen) atoms. The fourth-order valence-corrected chi connectivity index (χ4v) is 3.97. The molecule has 9 heteroatoms. The molecule has 0 saturated carbocycles. The monoisotopic (exact) mass is 456 g/mol. The molecule has 0 bridgehead atoms. The van der Waals surface area contributed by atoms with Crippen LogP contribution in [0.5, 0.6) is 0 Å². The Labute approximate surface area is 186 Å². The summed E-state index contributed by atoms with van der Waals surface area (Å²) in [5, 5.41) is 2.68. The van der Waals surface area contributed by atoms with Crippen LogP contribution in [0.1, 0.15) is 28.6 Å². The summed E-state index contributed by atoms with van der Waals surface area (Å²) in [6.45, 7) is 1.90. The molecule has 1 atom stereocenters. The Bertz CT molecular complexity index is 1130. The zero-order chi connectivity index (χ0) is 23.0. The van der Waals surface area contributed by atoms with E-state index in [4.69, 9.17) is 9.15 Å². The Morgan fingerprint density at radius 1 is 1.00 bits per heavy atom. The van der Waals surface area contributed by atoms with Crippen molar-refractivity contribution in [1.29, 1.82) is 0 Å². The molecule has 0 radical (unpaired) electrons. The van der Waals surface area contributed by atoms with Gasteiger partial charge in [0.2, 0.25) is 10.0 Å². The molecule has 3 aromatic rings. The lowest BCUT2D eigenvalue weighted by Crippen LogP contribution is -2.43. The van der Waals surface area contributed by atoms with Crippen molar-refractivity contribution >= 4 is 21.9 Å². The minimum absolute atomic E-state index is 0.00633. The molecule has 1 aromatic heterocycles. The van der Waals surface area contributed by atoms with Gasteiger partial charge < -0.3 is 14.5 Å². The molecule has 2 aromatic carbocycles. The fraction of sp³-hybridized carbons (Fsp3) is 0.217. The van der Waals surface area contributed by atoms with Crippen LogP contribution in [-0.2, 0) is 32.5 Å². The van der Waals surface area contributed by atoms with Gasteiger partial charge in [0, 0.05) is 12.0 Å². The normalized spacial score (nSPS) is 12.2. The molecule has 0 aliphatic carbocycles. The lowest BCUT2D eigenvalue weighted by molar-refractivity contribution is -0.145. The molecule has 0 fully saturated rings. The molecule has 1 amide bonds. The van der Waals surface area contributed by atoms with E-state index in [-0.39, 0.29) is 30.0 Å². The summed E-state index contributed by atoms with van der Waals surface area (Å²) >= 11 is 0. The highest BCUT2D eigenvalue weighted by atomic mass is 32.2. The Hall–Kier alpha value is -3.43. The van der Waals surface area contributed by atoms with Crippen LogP contribution in [0.25, 0.3) is 0 Å². The first kappa shape index (κ1) is 23.2. The van der Waals surface area contributed by atoms with Crippen molar-refractivity contribution in [3.05, 3.63) is 89.9 Å². The quantitative estimate of drug-likeness (QED) is 0.453. The minimum Gasteiger partial charge on any atom is -0.468 e. The van der Waals surface area contributed by atoms with E-state index in [1.165, 1.54) is 30.5 Å². The number of benzene rings is 2. The standard InChI is InChI=1S/C23H24N2O6S/c1-2-30-23(27)21(15-17-7-4-3-5-8-17)25-22(26)18-10-12-20(13-11-18)32(28,29)24-16-19-9-6-14-31-19/h3-14,21,24H,2,15-16H2,1H3,(H,25,26). The highest BCUT2D eigenvalue weighted by molar-refractivity contribution is 7.89. The summed E-state index contributed by atoms with van der Waals surface area (Å²) in [4.78, 5) is 25.0. The van der Waals surface area contributed by atoms with Crippen LogP contribution >= 0.6 is 0 Å². The maximum absolute atomic E-state index is 12.7. The molecule has 0 saturated heterocycles. The number of rotatable bonds is 10. The van der Waals surface area contributed by atoms with Crippen LogP contribution in [-0.4, -0.2) is 32.9 Å². The number of furan rings is 1. The average molecular weight is 457 g/mol. The first-order chi connectivity index (χ1) is 15.4. The molecule has 8 nitrogen and oxygen atoms in total. The second kappa shape index (κ2) is 10.7. The molecule has 0 aliphatic heterocycles. The second-order valence-corrected chi connectivity index (χ2v) is 8.66. The van der Waals surface area contributed by atoms with Crippen LogP contribution < -0.4 is 10.0 Å². The lowest BCUT2D eigenvalue weighted by atomic mass is 10.1. The van der Waals surface area contributed by atoms with E-state index in [1.807, 2.05) is 30.3 Å². The zero-order valence-corrected chi connectivity index (χ0v) is 18.3. The number of hydrogen-bond acceptors (Lipinski definition) is 6. The van der Waals surface area contributed by atoms with Crippen molar-refractivity contribution in [1.82, 2.24) is 10.0 Å². The summed E-state index contributed by atoms with van der Waals surface area (Å²) in [5.74, 6) is -0.564. The van der Waals surface area contributed by atoms with E-state index >= 15 is 0 Å². The van der Waals surface area contributed by atoms with Gasteiger partial charge in [0.15, 0.2) is 0 Å². The van der Waals surface area contributed by atoms with Gasteiger partial charge in [-0.3, -0.25) is 4.79 Å². The lowest BCUT2D eigenvalue weighted by Gasteiger charge is -2.17. The van der Waals surface area contributed by atoms with Crippen LogP contribution in [0.4, 0.5) is 0 Å². The van der Waals surface area contributed by atoms with Crippen molar-refractivity contribution in [2.45, 2.75) is 30.8 Å². The highest BCUT2D eigenvalue weighted by Crippen LogP contribution is 2.13. The number of amides is 1. The Morgan fingerprint density at radius 3 is 2.34 bits per heavy atom. The molecular formula is C23H24N2O6S. The number of esters is 1. The van der Waals surface area contributed by atoms with Crippen molar-refractivity contribution in [2.75, 3.05) is 6.61 Å². The molecule has 2 N–H and O–H groups in total. The van der Waals surface area contributed by atoms with Gasteiger partial charge in [0.1, 0.15) is 11.8 Å². The van der Waals surface area contributed by atoms with Crippen LogP contribution in [0.3, 0.4) is 0 Å². The Kier molecular flexibility index (Phi) is 7.80. The second-order valence-electron chi connectivity index (χ2n) is 6.90. The summed E-state index contributed by atoms with van der Waals surface area (Å²) in [6, 6.07) is 17.2. The summed E-state index contributed by atoms with van der Waals surface area (Å²) < 4.78 is 37.5. The average Bonchev–Trinajstić information content (AvgIpc) is 3.32. The van der Waals surface area contributed by atoms with Gasteiger partial charge in [-0.05, 0) is 48.9 Å². The van der Waals surface area contributed by atoms with E-state index < -0.39 is 27.9 Å². The predicted octanol–water partition coefficient (Wildman–Crippen LogP) is 2.66. The van der Waals surface area contributed by atoms with E-state index in [0.29, 0.717) is 5.76 Å². The first-order valence-electron chi connectivity index (χ1n) is 10.0. The number of carbonyl (C=O) groups excluding carboxylic acids is 2. The number of carbonyl (C=O) groups is 2. The van der Waals surface area contributed by atoms with Gasteiger partial charge in [-0.2, -0.15) is 0 Å². The smallest absolute Gasteiger partial charge is 0.328 e. The number of nitrogens with one attached hydrogen (secondary N) is 2. The van der Waals surface area contributed by atoms with Crippen molar-refractivity contribution < 1.29 is 27.2 Å².